The van der Waals surface area contributed by atoms with Crippen LogP contribution in [0.15, 0.2) is 24.3 Å². The van der Waals surface area contributed by atoms with Crippen molar-refractivity contribution in [2.45, 2.75) is 45.3 Å². The third-order valence-corrected chi connectivity index (χ3v) is 4.42. The van der Waals surface area contributed by atoms with Crippen molar-refractivity contribution in [1.82, 2.24) is 9.88 Å². The second-order valence-electron chi connectivity index (χ2n) is 6.41. The van der Waals surface area contributed by atoms with Crippen LogP contribution in [0.1, 0.15) is 32.2 Å². The number of benzene rings is 1. The zero-order chi connectivity index (χ0) is 17.0. The molecule has 0 fully saturated rings. The highest BCUT2D eigenvalue weighted by atomic mass is 32.1. The Bertz CT molecular complexity index is 657. The third kappa shape index (κ3) is 4.76. The summed E-state index contributed by atoms with van der Waals surface area (Å²) in [6, 6.07) is 7.42. The van der Waals surface area contributed by atoms with E-state index in [1.54, 1.807) is 39.2 Å². The standard InChI is InChI=1S/C17H22N2O3S/c1-17(2,3)22-16(21)19(4)12(11-20)9-10-15-18-13-7-5-6-8-14(13)23-15/h5-8,11-12H,9-10H2,1-4H3. The van der Waals surface area contributed by atoms with E-state index in [0.29, 0.717) is 12.8 Å². The van der Waals surface area contributed by atoms with Crippen LogP contribution in [0.4, 0.5) is 4.79 Å². The average Bonchev–Trinajstić information content (AvgIpc) is 2.88. The van der Waals surface area contributed by atoms with Crippen molar-refractivity contribution in [3.05, 3.63) is 29.3 Å². The molecule has 23 heavy (non-hydrogen) atoms. The summed E-state index contributed by atoms with van der Waals surface area (Å²) in [6.45, 7) is 5.40. The van der Waals surface area contributed by atoms with Gasteiger partial charge in [0.05, 0.1) is 21.3 Å². The van der Waals surface area contributed by atoms with Crippen LogP contribution in [0.25, 0.3) is 10.2 Å². The number of thiazole rings is 1. The minimum atomic E-state index is -0.578. The molecule has 1 unspecified atom stereocenters. The Morgan fingerprint density at radius 1 is 1.39 bits per heavy atom. The Labute approximate surface area is 140 Å². The number of carbonyl (C=O) groups excluding carboxylic acids is 2. The highest BCUT2D eigenvalue weighted by molar-refractivity contribution is 7.18. The lowest BCUT2D eigenvalue weighted by atomic mass is 10.1. The maximum absolute atomic E-state index is 12.0. The number of amides is 1. The van der Waals surface area contributed by atoms with E-state index < -0.39 is 17.7 Å². The fraction of sp³-hybridized carbons (Fsp3) is 0.471. The number of hydrogen-bond donors (Lipinski definition) is 0. The molecule has 0 radical (unpaired) electrons. The molecule has 5 nitrogen and oxygen atoms in total. The minimum absolute atomic E-state index is 0.487. The SMILES string of the molecule is CN(C(=O)OC(C)(C)C)C(C=O)CCc1nc2ccccc2s1. The zero-order valence-corrected chi connectivity index (χ0v) is 14.7. The lowest BCUT2D eigenvalue weighted by Crippen LogP contribution is -2.41. The van der Waals surface area contributed by atoms with Crippen LogP contribution in [-0.4, -0.2) is 41.0 Å². The molecule has 2 aromatic rings. The lowest BCUT2D eigenvalue weighted by Gasteiger charge is -2.27. The first kappa shape index (κ1) is 17.4. The smallest absolute Gasteiger partial charge is 0.410 e. The van der Waals surface area contributed by atoms with E-state index >= 15 is 0 Å². The first-order valence-electron chi connectivity index (χ1n) is 7.56. The normalized spacial score (nSPS) is 12.9. The Morgan fingerprint density at radius 2 is 2.09 bits per heavy atom. The predicted molar refractivity (Wildman–Crippen MR) is 91.8 cm³/mol. The van der Waals surface area contributed by atoms with Crippen LogP contribution in [0.2, 0.25) is 0 Å². The summed E-state index contributed by atoms with van der Waals surface area (Å²) in [6.07, 6.45) is 1.48. The topological polar surface area (TPSA) is 59.5 Å². The maximum Gasteiger partial charge on any atom is 0.410 e. The Hall–Kier alpha value is -1.95. The summed E-state index contributed by atoms with van der Waals surface area (Å²) in [7, 11) is 1.59. The summed E-state index contributed by atoms with van der Waals surface area (Å²) < 4.78 is 6.43. The van der Waals surface area contributed by atoms with E-state index in [4.69, 9.17) is 4.74 Å². The van der Waals surface area contributed by atoms with E-state index in [1.807, 2.05) is 24.3 Å². The van der Waals surface area contributed by atoms with Crippen molar-refractivity contribution in [3.63, 3.8) is 0 Å². The number of nitrogens with zero attached hydrogens (tertiary/aromatic N) is 2. The summed E-state index contributed by atoms with van der Waals surface area (Å²) in [5, 5.41) is 0.968. The van der Waals surface area contributed by atoms with E-state index in [2.05, 4.69) is 4.98 Å². The van der Waals surface area contributed by atoms with Gasteiger partial charge in [0.2, 0.25) is 0 Å². The van der Waals surface area contributed by atoms with Gasteiger partial charge in [0.1, 0.15) is 11.9 Å². The Kier molecular flexibility index (Phi) is 5.36. The number of likely N-dealkylation sites (N-methyl/N-ethyl adjacent to an activating group) is 1. The first-order chi connectivity index (χ1) is 10.8. The van der Waals surface area contributed by atoms with Crippen molar-refractivity contribution in [2.75, 3.05) is 7.05 Å². The number of hydrogen-bond acceptors (Lipinski definition) is 5. The lowest BCUT2D eigenvalue weighted by molar-refractivity contribution is -0.112. The number of para-hydroxylation sites is 1. The van der Waals surface area contributed by atoms with Gasteiger partial charge in [-0.15, -0.1) is 11.3 Å². The molecule has 2 rings (SSSR count). The van der Waals surface area contributed by atoms with Crippen LogP contribution in [0.3, 0.4) is 0 Å². The molecule has 0 aliphatic rings. The van der Waals surface area contributed by atoms with Crippen molar-refractivity contribution >= 4 is 33.9 Å². The predicted octanol–water partition coefficient (Wildman–Crippen LogP) is 3.66. The minimum Gasteiger partial charge on any atom is -0.444 e. The van der Waals surface area contributed by atoms with E-state index in [1.165, 1.54) is 4.90 Å². The van der Waals surface area contributed by atoms with Crippen LogP contribution < -0.4 is 0 Å². The molecule has 1 heterocycles. The average molecular weight is 334 g/mol. The number of aromatic nitrogens is 1. The number of rotatable bonds is 5. The van der Waals surface area contributed by atoms with Crippen molar-refractivity contribution in [2.24, 2.45) is 0 Å². The van der Waals surface area contributed by atoms with Crippen molar-refractivity contribution < 1.29 is 14.3 Å². The van der Waals surface area contributed by atoms with Gasteiger partial charge in [-0.05, 0) is 39.3 Å². The molecule has 0 aliphatic heterocycles. The fourth-order valence-electron chi connectivity index (χ4n) is 2.12. The highest BCUT2D eigenvalue weighted by Crippen LogP contribution is 2.23. The highest BCUT2D eigenvalue weighted by Gasteiger charge is 2.25. The van der Waals surface area contributed by atoms with Crippen molar-refractivity contribution in [3.8, 4) is 0 Å². The second-order valence-corrected chi connectivity index (χ2v) is 7.52. The quantitative estimate of drug-likeness (QED) is 0.783. The maximum atomic E-state index is 12.0. The molecule has 0 aliphatic carbocycles. The first-order valence-corrected chi connectivity index (χ1v) is 8.37. The molecule has 1 amide bonds. The molecular formula is C17H22N2O3S. The number of fused-ring (bicyclic) bond motifs is 1. The van der Waals surface area contributed by atoms with Crippen LogP contribution in [0.5, 0.6) is 0 Å². The molecule has 1 atom stereocenters. The van der Waals surface area contributed by atoms with Gasteiger partial charge in [-0.25, -0.2) is 9.78 Å². The van der Waals surface area contributed by atoms with Gasteiger partial charge in [-0.2, -0.15) is 0 Å². The number of carbonyl (C=O) groups is 2. The molecular weight excluding hydrogens is 312 g/mol. The van der Waals surface area contributed by atoms with Crippen LogP contribution >= 0.6 is 11.3 Å². The summed E-state index contributed by atoms with van der Waals surface area (Å²) in [5.41, 5.74) is 0.391. The molecule has 0 spiro atoms. The van der Waals surface area contributed by atoms with Crippen LogP contribution in [-0.2, 0) is 16.0 Å². The summed E-state index contributed by atoms with van der Waals surface area (Å²) >= 11 is 1.62. The second kappa shape index (κ2) is 7.08. The van der Waals surface area contributed by atoms with E-state index in [0.717, 1.165) is 21.5 Å². The van der Waals surface area contributed by atoms with Gasteiger partial charge in [0.25, 0.3) is 0 Å². The molecule has 0 bridgehead atoms. The number of aldehydes is 1. The Balaban J connectivity index is 1.98. The van der Waals surface area contributed by atoms with Gasteiger partial charge < -0.3 is 14.4 Å². The summed E-state index contributed by atoms with van der Waals surface area (Å²) in [5.74, 6) is 0. The molecule has 0 saturated heterocycles. The number of ether oxygens (including phenoxy) is 1. The van der Waals surface area contributed by atoms with E-state index in [-0.39, 0.29) is 0 Å². The molecule has 6 heteroatoms. The van der Waals surface area contributed by atoms with Crippen molar-refractivity contribution in [1.29, 1.82) is 0 Å². The largest absolute Gasteiger partial charge is 0.444 e. The zero-order valence-electron chi connectivity index (χ0n) is 13.9. The molecule has 0 saturated carbocycles. The van der Waals surface area contributed by atoms with Gasteiger partial charge in [-0.1, -0.05) is 12.1 Å². The van der Waals surface area contributed by atoms with Gasteiger partial charge >= 0.3 is 6.09 Å². The molecule has 1 aromatic heterocycles. The van der Waals surface area contributed by atoms with Gasteiger partial charge in [-0.3, -0.25) is 0 Å². The fourth-order valence-corrected chi connectivity index (χ4v) is 3.10. The van der Waals surface area contributed by atoms with Crippen LogP contribution in [0, 0.1) is 0 Å². The Morgan fingerprint density at radius 3 is 2.70 bits per heavy atom. The molecule has 0 N–H and O–H groups in total. The molecule has 124 valence electrons. The monoisotopic (exact) mass is 334 g/mol. The molecule has 1 aromatic carbocycles. The summed E-state index contributed by atoms with van der Waals surface area (Å²) in [4.78, 5) is 29.3. The van der Waals surface area contributed by atoms with E-state index in [9.17, 15) is 9.59 Å². The van der Waals surface area contributed by atoms with Gasteiger partial charge in [0, 0.05) is 13.5 Å². The third-order valence-electron chi connectivity index (χ3n) is 3.33. The van der Waals surface area contributed by atoms with Gasteiger partial charge in [0.15, 0.2) is 0 Å². The number of aryl methyl sites for hydroxylation is 1.